The number of hydrogen-bond acceptors (Lipinski definition) is 3. The molecular formula is C13H16N2OS. The Bertz CT molecular complexity index is 408. The fraction of sp³-hybridized carbons (Fsp3) is 0.462. The molecule has 0 N–H and O–H groups in total. The van der Waals surface area contributed by atoms with Crippen LogP contribution in [0.25, 0.3) is 0 Å². The van der Waals surface area contributed by atoms with Crippen LogP contribution < -0.4 is 4.90 Å². The van der Waals surface area contributed by atoms with E-state index in [2.05, 4.69) is 35.4 Å². The third-order valence-electron chi connectivity index (χ3n) is 3.81. The molecular weight excluding hydrogens is 232 g/mol. The maximum absolute atomic E-state index is 10.8. The zero-order valence-electron chi connectivity index (χ0n) is 9.87. The van der Waals surface area contributed by atoms with Gasteiger partial charge in [0.15, 0.2) is 0 Å². The Hall–Kier alpha value is -1.16. The van der Waals surface area contributed by atoms with Gasteiger partial charge in [-0.15, -0.1) is 11.8 Å². The molecule has 3 heterocycles. The van der Waals surface area contributed by atoms with Gasteiger partial charge in [-0.2, -0.15) is 0 Å². The number of nitrogens with zero attached hydrogens (tertiary/aromatic N) is 2. The average Bonchev–Trinajstić information content (AvgIpc) is 2.39. The van der Waals surface area contributed by atoms with E-state index in [0.717, 1.165) is 19.5 Å². The summed E-state index contributed by atoms with van der Waals surface area (Å²) in [5.74, 6) is 0. The van der Waals surface area contributed by atoms with Crippen molar-refractivity contribution in [3.63, 3.8) is 0 Å². The second kappa shape index (κ2) is 4.26. The lowest BCUT2D eigenvalue weighted by Crippen LogP contribution is -2.68. The van der Waals surface area contributed by atoms with Crippen LogP contribution >= 0.6 is 11.8 Å². The van der Waals surface area contributed by atoms with Crippen molar-refractivity contribution in [2.45, 2.75) is 23.4 Å². The van der Waals surface area contributed by atoms with Gasteiger partial charge >= 0.3 is 0 Å². The highest BCUT2D eigenvalue weighted by Crippen LogP contribution is 2.33. The van der Waals surface area contributed by atoms with Crippen LogP contribution in [0.1, 0.15) is 6.42 Å². The minimum absolute atomic E-state index is 0.437. The molecule has 3 aliphatic heterocycles. The van der Waals surface area contributed by atoms with Gasteiger partial charge in [0.25, 0.3) is 0 Å². The molecule has 3 fully saturated rings. The Morgan fingerprint density at radius 1 is 1.24 bits per heavy atom. The number of fused-ring (bicyclic) bond motifs is 2. The highest BCUT2D eigenvalue weighted by atomic mass is 32.2. The van der Waals surface area contributed by atoms with Gasteiger partial charge in [0.2, 0.25) is 6.41 Å². The summed E-state index contributed by atoms with van der Waals surface area (Å²) in [6.45, 7) is 1.96. The molecule has 0 saturated carbocycles. The van der Waals surface area contributed by atoms with E-state index in [1.165, 1.54) is 17.0 Å². The van der Waals surface area contributed by atoms with Gasteiger partial charge in [-0.25, -0.2) is 0 Å². The molecule has 17 heavy (non-hydrogen) atoms. The smallest absolute Gasteiger partial charge is 0.210 e. The molecule has 0 spiro atoms. The van der Waals surface area contributed by atoms with Gasteiger partial charge < -0.3 is 9.80 Å². The molecule has 3 aliphatic rings. The zero-order chi connectivity index (χ0) is 11.8. The summed E-state index contributed by atoms with van der Waals surface area (Å²) in [5.41, 5.74) is 1.28. The lowest BCUT2D eigenvalue weighted by atomic mass is 9.88. The van der Waals surface area contributed by atoms with Gasteiger partial charge in [0, 0.05) is 23.7 Å². The van der Waals surface area contributed by atoms with Crippen LogP contribution in [-0.2, 0) is 4.79 Å². The van der Waals surface area contributed by atoms with Crippen molar-refractivity contribution in [3.05, 3.63) is 24.3 Å². The molecule has 3 nitrogen and oxygen atoms in total. The molecule has 0 radical (unpaired) electrons. The fourth-order valence-electron chi connectivity index (χ4n) is 2.81. The number of rotatable bonds is 3. The largest absolute Gasteiger partial charge is 0.367 e. The summed E-state index contributed by atoms with van der Waals surface area (Å²) < 4.78 is 0. The van der Waals surface area contributed by atoms with Crippen molar-refractivity contribution in [3.8, 4) is 0 Å². The number of benzene rings is 1. The third-order valence-corrected chi connectivity index (χ3v) is 4.55. The summed E-state index contributed by atoms with van der Waals surface area (Å²) in [7, 11) is 0. The van der Waals surface area contributed by atoms with Gasteiger partial charge in [0.05, 0.1) is 12.1 Å². The number of hydrogen-bond donors (Lipinski definition) is 0. The number of anilines is 1. The van der Waals surface area contributed by atoms with Gasteiger partial charge in [-0.05, 0) is 36.9 Å². The third kappa shape index (κ3) is 1.80. The maximum Gasteiger partial charge on any atom is 0.210 e. The second-order valence-electron chi connectivity index (χ2n) is 4.70. The predicted octanol–water partition coefficient (Wildman–Crippen LogP) is 1.83. The van der Waals surface area contributed by atoms with E-state index >= 15 is 0 Å². The summed E-state index contributed by atoms with van der Waals surface area (Å²) in [4.78, 5) is 16.5. The first-order valence-corrected chi connectivity index (χ1v) is 7.16. The summed E-state index contributed by atoms with van der Waals surface area (Å²) in [6, 6.07) is 9.57. The monoisotopic (exact) mass is 248 g/mol. The molecule has 1 amide bonds. The first-order chi connectivity index (χ1) is 8.31. The maximum atomic E-state index is 10.8. The van der Waals surface area contributed by atoms with Crippen molar-refractivity contribution in [2.24, 2.45) is 0 Å². The highest BCUT2D eigenvalue weighted by Gasteiger charge is 2.43. The van der Waals surface area contributed by atoms with Crippen LogP contribution in [-0.4, -0.2) is 42.7 Å². The van der Waals surface area contributed by atoms with Crippen LogP contribution in [0, 0.1) is 0 Å². The Labute approximate surface area is 106 Å². The number of carbonyl (C=O) groups excluding carboxylic acids is 1. The quantitative estimate of drug-likeness (QED) is 0.602. The molecule has 0 aromatic heterocycles. The summed E-state index contributed by atoms with van der Waals surface area (Å²) >= 11 is 1.76. The molecule has 3 saturated heterocycles. The second-order valence-corrected chi connectivity index (χ2v) is 5.58. The van der Waals surface area contributed by atoms with Crippen molar-refractivity contribution in [2.75, 3.05) is 24.2 Å². The molecule has 90 valence electrons. The molecule has 4 rings (SSSR count). The van der Waals surface area contributed by atoms with Crippen molar-refractivity contribution in [1.82, 2.24) is 4.90 Å². The van der Waals surface area contributed by atoms with Gasteiger partial charge in [-0.1, -0.05) is 0 Å². The Kier molecular flexibility index (Phi) is 2.74. The number of carbonyl (C=O) groups is 1. The molecule has 2 bridgehead atoms. The highest BCUT2D eigenvalue weighted by molar-refractivity contribution is 7.98. The normalized spacial score (nSPS) is 26.6. The fourth-order valence-corrected chi connectivity index (χ4v) is 3.22. The minimum Gasteiger partial charge on any atom is -0.367 e. The molecule has 1 aromatic rings. The van der Waals surface area contributed by atoms with Crippen LogP contribution in [0.15, 0.2) is 29.2 Å². The number of thioether (sulfide) groups is 1. The number of amides is 1. The van der Waals surface area contributed by atoms with Crippen LogP contribution in [0.5, 0.6) is 0 Å². The van der Waals surface area contributed by atoms with Gasteiger partial charge in [-0.3, -0.25) is 4.79 Å². The van der Waals surface area contributed by atoms with E-state index in [-0.39, 0.29) is 0 Å². The van der Waals surface area contributed by atoms with Crippen molar-refractivity contribution >= 4 is 23.9 Å². The van der Waals surface area contributed by atoms with Crippen molar-refractivity contribution < 1.29 is 4.79 Å². The Morgan fingerprint density at radius 2 is 1.88 bits per heavy atom. The van der Waals surface area contributed by atoms with Crippen LogP contribution in [0.2, 0.25) is 0 Å². The standard InChI is InChI=1S/C13H16N2OS/c1-17-13-4-2-10(3-5-13)14-7-11-6-12(8-14)15(11)9-16/h2-5,9,11-12H,6-8H2,1H3/t11-,12+. The zero-order valence-corrected chi connectivity index (χ0v) is 10.7. The summed E-state index contributed by atoms with van der Waals surface area (Å²) in [6.07, 6.45) is 4.28. The van der Waals surface area contributed by atoms with Gasteiger partial charge in [0.1, 0.15) is 0 Å². The first kappa shape index (κ1) is 11.0. The van der Waals surface area contributed by atoms with E-state index in [4.69, 9.17) is 0 Å². The Morgan fingerprint density at radius 3 is 2.41 bits per heavy atom. The lowest BCUT2D eigenvalue weighted by molar-refractivity contribution is -0.131. The van der Waals surface area contributed by atoms with E-state index < -0.39 is 0 Å². The Balaban J connectivity index is 1.72. The number of piperazine rings is 1. The van der Waals surface area contributed by atoms with Crippen molar-refractivity contribution in [1.29, 1.82) is 0 Å². The molecule has 1 aromatic carbocycles. The van der Waals surface area contributed by atoms with E-state index in [1.807, 2.05) is 4.90 Å². The average molecular weight is 248 g/mol. The predicted molar refractivity (Wildman–Crippen MR) is 70.5 cm³/mol. The van der Waals surface area contributed by atoms with Crippen LogP contribution in [0.3, 0.4) is 0 Å². The minimum atomic E-state index is 0.437. The van der Waals surface area contributed by atoms with Crippen LogP contribution in [0.4, 0.5) is 5.69 Å². The van der Waals surface area contributed by atoms with E-state index in [0.29, 0.717) is 12.1 Å². The summed E-state index contributed by atoms with van der Waals surface area (Å²) in [5, 5.41) is 0. The molecule has 0 aliphatic carbocycles. The lowest BCUT2D eigenvalue weighted by Gasteiger charge is -2.55. The van der Waals surface area contributed by atoms with E-state index in [1.54, 1.807) is 11.8 Å². The topological polar surface area (TPSA) is 23.6 Å². The molecule has 2 atom stereocenters. The molecule has 0 unspecified atom stereocenters. The SMILES string of the molecule is CSc1ccc(N2C[C@H]3C[C@@H](C2)N3C=O)cc1. The first-order valence-electron chi connectivity index (χ1n) is 5.93. The van der Waals surface area contributed by atoms with E-state index in [9.17, 15) is 4.79 Å². The molecule has 4 heteroatoms. The number of piperidine rings is 1.